The highest BCUT2D eigenvalue weighted by Crippen LogP contribution is 2.28. The maximum Gasteiger partial charge on any atom is 0.336 e. The molecule has 1 fully saturated rings. The summed E-state index contributed by atoms with van der Waals surface area (Å²) >= 11 is 0. The van der Waals surface area contributed by atoms with Crippen LogP contribution in [0, 0.1) is 6.92 Å². The third-order valence-electron chi connectivity index (χ3n) is 4.96. The van der Waals surface area contributed by atoms with Crippen molar-refractivity contribution in [1.29, 1.82) is 0 Å². The third-order valence-corrected chi connectivity index (χ3v) is 4.96. The van der Waals surface area contributed by atoms with Gasteiger partial charge in [-0.1, -0.05) is 0 Å². The summed E-state index contributed by atoms with van der Waals surface area (Å²) in [5.74, 6) is 1.23. The van der Waals surface area contributed by atoms with Gasteiger partial charge in [-0.15, -0.1) is 5.10 Å². The summed E-state index contributed by atoms with van der Waals surface area (Å²) in [6, 6.07) is 5.02. The zero-order valence-corrected chi connectivity index (χ0v) is 16.3. The normalized spacial score (nSPS) is 16.3. The van der Waals surface area contributed by atoms with Gasteiger partial charge >= 0.3 is 5.63 Å². The molecule has 0 aliphatic carbocycles. The number of amides is 1. The number of methoxy groups -OCH3 is 1. The van der Waals surface area contributed by atoms with Gasteiger partial charge in [-0.3, -0.25) is 15.2 Å². The lowest BCUT2D eigenvalue weighted by atomic mass is 10.0. The van der Waals surface area contributed by atoms with Gasteiger partial charge in [0.15, 0.2) is 5.82 Å². The van der Waals surface area contributed by atoms with Crippen LogP contribution in [-0.4, -0.2) is 34.8 Å². The van der Waals surface area contributed by atoms with E-state index in [-0.39, 0.29) is 24.4 Å². The zero-order chi connectivity index (χ0) is 20.4. The molecule has 0 bridgehead atoms. The Bertz CT molecular complexity index is 1100. The van der Waals surface area contributed by atoms with Gasteiger partial charge in [-0.2, -0.15) is 4.98 Å². The number of anilines is 1. The monoisotopic (exact) mass is 398 g/mol. The van der Waals surface area contributed by atoms with E-state index in [1.54, 1.807) is 13.2 Å². The van der Waals surface area contributed by atoms with Crippen molar-refractivity contribution < 1.29 is 18.7 Å². The number of hydrogen-bond donors (Lipinski definition) is 2. The first-order chi connectivity index (χ1) is 14.0. The van der Waals surface area contributed by atoms with Gasteiger partial charge in [0.25, 0.3) is 0 Å². The van der Waals surface area contributed by atoms with Gasteiger partial charge in [0.1, 0.15) is 17.4 Å². The number of carbonyl (C=O) groups is 1. The van der Waals surface area contributed by atoms with Crippen molar-refractivity contribution >= 4 is 22.8 Å². The minimum atomic E-state index is -0.405. The Balaban J connectivity index is 1.44. The number of benzene rings is 1. The molecule has 0 radical (unpaired) electrons. The molecular weight excluding hydrogens is 376 g/mol. The second-order valence-electron chi connectivity index (χ2n) is 7.00. The number of H-pyrrole nitrogens is 1. The van der Waals surface area contributed by atoms with Crippen LogP contribution < -0.4 is 15.7 Å². The summed E-state index contributed by atoms with van der Waals surface area (Å²) in [6.07, 6.45) is 2.47. The Kier molecular flexibility index (Phi) is 5.30. The van der Waals surface area contributed by atoms with Crippen molar-refractivity contribution in [2.75, 3.05) is 19.0 Å². The van der Waals surface area contributed by atoms with Gasteiger partial charge in [0.05, 0.1) is 7.11 Å². The van der Waals surface area contributed by atoms with E-state index >= 15 is 0 Å². The lowest BCUT2D eigenvalue weighted by molar-refractivity contribution is -0.116. The Hall–Kier alpha value is -3.20. The van der Waals surface area contributed by atoms with Crippen LogP contribution >= 0.6 is 0 Å². The van der Waals surface area contributed by atoms with Gasteiger partial charge < -0.3 is 13.9 Å². The molecule has 1 aliphatic rings. The van der Waals surface area contributed by atoms with Crippen LogP contribution in [0.15, 0.2) is 27.4 Å². The number of ether oxygens (including phenoxy) is 2. The van der Waals surface area contributed by atoms with E-state index < -0.39 is 5.63 Å². The average molecular weight is 398 g/mol. The number of aromatic nitrogens is 3. The largest absolute Gasteiger partial charge is 0.496 e. The number of carbonyl (C=O) groups excluding carboxylic acids is 1. The number of aryl methyl sites for hydroxylation is 2. The fraction of sp³-hybridized carbons (Fsp3) is 0.400. The Morgan fingerprint density at radius 3 is 3.00 bits per heavy atom. The van der Waals surface area contributed by atoms with E-state index in [9.17, 15) is 9.59 Å². The molecule has 1 aliphatic heterocycles. The predicted octanol–water partition coefficient (Wildman–Crippen LogP) is 2.65. The molecule has 9 heteroatoms. The second kappa shape index (κ2) is 8.04. The minimum absolute atomic E-state index is 0.0849. The fourth-order valence-corrected chi connectivity index (χ4v) is 3.48. The van der Waals surface area contributed by atoms with Gasteiger partial charge in [-0.05, 0) is 43.4 Å². The van der Waals surface area contributed by atoms with Crippen LogP contribution in [0.1, 0.15) is 42.3 Å². The van der Waals surface area contributed by atoms with Crippen LogP contribution in [-0.2, 0) is 16.0 Å². The molecule has 0 unspecified atom stereocenters. The standard InChI is InChI=1S/C20H22N4O5/c1-11-8-18(26)29-16-10-15(27-2)12(9-13(11)16)5-6-17(25)21-20-22-19(23-24-20)14-4-3-7-28-14/h8-10,14H,3-7H2,1-2H3,(H2,21,22,23,24,25)/t14-/m0/s1. The van der Waals surface area contributed by atoms with Crippen LogP contribution in [0.5, 0.6) is 5.75 Å². The van der Waals surface area contributed by atoms with Crippen molar-refractivity contribution in [2.24, 2.45) is 0 Å². The lowest BCUT2D eigenvalue weighted by Gasteiger charge is -2.10. The second-order valence-corrected chi connectivity index (χ2v) is 7.00. The summed E-state index contributed by atoms with van der Waals surface area (Å²) in [4.78, 5) is 28.2. The van der Waals surface area contributed by atoms with Crippen LogP contribution in [0.3, 0.4) is 0 Å². The zero-order valence-electron chi connectivity index (χ0n) is 16.3. The topological polar surface area (TPSA) is 119 Å². The molecule has 2 aromatic heterocycles. The van der Waals surface area contributed by atoms with Gasteiger partial charge in [0.2, 0.25) is 11.9 Å². The molecule has 1 saturated heterocycles. The summed E-state index contributed by atoms with van der Waals surface area (Å²) in [5, 5.41) is 10.4. The predicted molar refractivity (Wildman–Crippen MR) is 105 cm³/mol. The highest BCUT2D eigenvalue weighted by molar-refractivity contribution is 5.89. The maximum atomic E-state index is 12.4. The Morgan fingerprint density at radius 1 is 1.38 bits per heavy atom. The highest BCUT2D eigenvalue weighted by Gasteiger charge is 2.22. The van der Waals surface area contributed by atoms with E-state index in [4.69, 9.17) is 13.9 Å². The molecule has 0 spiro atoms. The van der Waals surface area contributed by atoms with Gasteiger partial charge in [0, 0.05) is 30.5 Å². The quantitative estimate of drug-likeness (QED) is 0.613. The SMILES string of the molecule is COc1cc2oc(=O)cc(C)c2cc1CCC(=O)Nc1n[nH]c([C@@H]2CCCO2)n1. The molecule has 0 saturated carbocycles. The summed E-state index contributed by atoms with van der Waals surface area (Å²) < 4.78 is 16.2. The van der Waals surface area contributed by atoms with Crippen LogP contribution in [0.2, 0.25) is 0 Å². The van der Waals surface area contributed by atoms with E-state index in [1.165, 1.54) is 6.07 Å². The van der Waals surface area contributed by atoms with Crippen molar-refractivity contribution in [3.8, 4) is 5.75 Å². The van der Waals surface area contributed by atoms with Crippen molar-refractivity contribution in [1.82, 2.24) is 15.2 Å². The number of aromatic amines is 1. The van der Waals surface area contributed by atoms with Gasteiger partial charge in [-0.25, -0.2) is 4.79 Å². The number of hydrogen-bond acceptors (Lipinski definition) is 7. The summed E-state index contributed by atoms with van der Waals surface area (Å²) in [6.45, 7) is 2.56. The molecular formula is C20H22N4O5. The minimum Gasteiger partial charge on any atom is -0.496 e. The molecule has 9 nitrogen and oxygen atoms in total. The first-order valence-corrected chi connectivity index (χ1v) is 9.48. The van der Waals surface area contributed by atoms with Crippen LogP contribution in [0.4, 0.5) is 5.95 Å². The van der Waals surface area contributed by atoms with Crippen molar-refractivity contribution in [3.05, 3.63) is 45.6 Å². The molecule has 4 rings (SSSR count). The first kappa shape index (κ1) is 19.1. The average Bonchev–Trinajstić information content (AvgIpc) is 3.37. The lowest BCUT2D eigenvalue weighted by Crippen LogP contribution is -2.14. The molecule has 152 valence electrons. The molecule has 1 atom stereocenters. The summed E-state index contributed by atoms with van der Waals surface area (Å²) in [7, 11) is 1.54. The third kappa shape index (κ3) is 4.14. The molecule has 1 aromatic carbocycles. The number of nitrogens with zero attached hydrogens (tertiary/aromatic N) is 2. The maximum absolute atomic E-state index is 12.4. The number of rotatable bonds is 6. The van der Waals surface area contributed by atoms with E-state index in [2.05, 4.69) is 20.5 Å². The fourth-order valence-electron chi connectivity index (χ4n) is 3.48. The number of nitrogens with one attached hydrogen (secondary N) is 2. The summed E-state index contributed by atoms with van der Waals surface area (Å²) in [5.41, 5.74) is 1.72. The molecule has 29 heavy (non-hydrogen) atoms. The Labute approximate surface area is 166 Å². The number of fused-ring (bicyclic) bond motifs is 1. The van der Waals surface area contributed by atoms with Crippen molar-refractivity contribution in [2.45, 2.75) is 38.7 Å². The molecule has 3 heterocycles. The smallest absolute Gasteiger partial charge is 0.336 e. The van der Waals surface area contributed by atoms with E-state index in [0.29, 0.717) is 30.2 Å². The molecule has 3 aromatic rings. The highest BCUT2D eigenvalue weighted by atomic mass is 16.5. The van der Waals surface area contributed by atoms with Crippen molar-refractivity contribution in [3.63, 3.8) is 0 Å². The van der Waals surface area contributed by atoms with E-state index in [0.717, 1.165) is 29.4 Å². The van der Waals surface area contributed by atoms with E-state index in [1.807, 2.05) is 13.0 Å². The molecule has 1 amide bonds. The Morgan fingerprint density at radius 2 is 2.24 bits per heavy atom. The molecule has 2 N–H and O–H groups in total. The van der Waals surface area contributed by atoms with Crippen LogP contribution in [0.25, 0.3) is 11.0 Å². The first-order valence-electron chi connectivity index (χ1n) is 9.48.